The van der Waals surface area contributed by atoms with E-state index in [1.165, 1.54) is 4.68 Å². The summed E-state index contributed by atoms with van der Waals surface area (Å²) >= 11 is 0. The minimum absolute atomic E-state index is 0.00446. The van der Waals surface area contributed by atoms with Gasteiger partial charge in [0.05, 0.1) is 24.9 Å². The van der Waals surface area contributed by atoms with Gasteiger partial charge in [0, 0.05) is 30.9 Å². The summed E-state index contributed by atoms with van der Waals surface area (Å²) in [5.41, 5.74) is 1.19. The van der Waals surface area contributed by atoms with Crippen LogP contribution >= 0.6 is 0 Å². The Labute approximate surface area is 144 Å². The van der Waals surface area contributed by atoms with E-state index in [-0.39, 0.29) is 11.5 Å². The van der Waals surface area contributed by atoms with Gasteiger partial charge in [-0.2, -0.15) is 5.10 Å². The lowest BCUT2D eigenvalue weighted by Crippen LogP contribution is -2.43. The van der Waals surface area contributed by atoms with Crippen molar-refractivity contribution < 1.29 is 9.53 Å². The third-order valence-corrected chi connectivity index (χ3v) is 4.87. The normalized spacial score (nSPS) is 16.5. The van der Waals surface area contributed by atoms with Gasteiger partial charge in [0.15, 0.2) is 0 Å². The van der Waals surface area contributed by atoms with E-state index in [2.05, 4.69) is 5.10 Å². The SMILES string of the molecule is C[C@H](C(=O)N1CCOCC1)n1c2ccccc2c2cnn(C)c(=O)c21. The van der Waals surface area contributed by atoms with Gasteiger partial charge in [-0.3, -0.25) is 9.59 Å². The number of fused-ring (bicyclic) bond motifs is 3. The number of rotatable bonds is 2. The number of para-hydroxylation sites is 1. The van der Waals surface area contributed by atoms with Crippen LogP contribution in [0.3, 0.4) is 0 Å². The Morgan fingerprint density at radius 2 is 1.92 bits per heavy atom. The molecule has 7 heteroatoms. The third kappa shape index (κ3) is 2.42. The molecule has 7 nitrogen and oxygen atoms in total. The maximum atomic E-state index is 13.0. The second kappa shape index (κ2) is 6.00. The topological polar surface area (TPSA) is 69.4 Å². The van der Waals surface area contributed by atoms with Crippen LogP contribution in [-0.4, -0.2) is 51.5 Å². The van der Waals surface area contributed by atoms with Crippen LogP contribution in [0.5, 0.6) is 0 Å². The zero-order valence-corrected chi connectivity index (χ0v) is 14.3. The molecule has 0 saturated carbocycles. The summed E-state index contributed by atoms with van der Waals surface area (Å²) in [7, 11) is 1.62. The molecular weight excluding hydrogens is 320 g/mol. The van der Waals surface area contributed by atoms with Gasteiger partial charge in [0.2, 0.25) is 5.91 Å². The number of morpholine rings is 1. The molecule has 3 heterocycles. The van der Waals surface area contributed by atoms with E-state index in [1.807, 2.05) is 35.8 Å². The summed E-state index contributed by atoms with van der Waals surface area (Å²) in [6.07, 6.45) is 1.70. The number of nitrogens with zero attached hydrogens (tertiary/aromatic N) is 4. The molecule has 1 aliphatic heterocycles. The molecule has 1 aromatic carbocycles. The van der Waals surface area contributed by atoms with Crippen LogP contribution in [0.25, 0.3) is 21.8 Å². The monoisotopic (exact) mass is 340 g/mol. The first-order valence-corrected chi connectivity index (χ1v) is 8.41. The second-order valence-corrected chi connectivity index (χ2v) is 6.34. The first-order valence-electron chi connectivity index (χ1n) is 8.41. The summed E-state index contributed by atoms with van der Waals surface area (Å²) < 4.78 is 8.50. The highest BCUT2D eigenvalue weighted by molar-refractivity contribution is 6.08. The van der Waals surface area contributed by atoms with Crippen LogP contribution in [0.2, 0.25) is 0 Å². The Hall–Kier alpha value is -2.67. The molecule has 130 valence electrons. The highest BCUT2D eigenvalue weighted by Gasteiger charge is 2.27. The van der Waals surface area contributed by atoms with Crippen LogP contribution < -0.4 is 5.56 Å². The number of carbonyl (C=O) groups excluding carboxylic acids is 1. The largest absolute Gasteiger partial charge is 0.378 e. The van der Waals surface area contributed by atoms with Gasteiger partial charge in [0.1, 0.15) is 11.6 Å². The fourth-order valence-electron chi connectivity index (χ4n) is 3.55. The molecule has 0 radical (unpaired) electrons. The molecule has 0 spiro atoms. The standard InChI is InChI=1S/C18H20N4O3/c1-12(17(23)21-7-9-25-10-8-21)22-15-6-4-3-5-13(15)14-11-19-20(2)18(24)16(14)22/h3-6,11-12H,7-10H2,1-2H3/t12-/m1/s1. The van der Waals surface area contributed by atoms with Gasteiger partial charge < -0.3 is 14.2 Å². The number of hydrogen-bond donors (Lipinski definition) is 0. The van der Waals surface area contributed by atoms with E-state index in [1.54, 1.807) is 18.1 Å². The molecule has 0 bridgehead atoms. The lowest BCUT2D eigenvalue weighted by molar-refractivity contribution is -0.138. The van der Waals surface area contributed by atoms with Crippen LogP contribution in [-0.2, 0) is 16.6 Å². The molecular formula is C18H20N4O3. The number of aromatic nitrogens is 3. The van der Waals surface area contributed by atoms with Crippen molar-refractivity contribution in [3.63, 3.8) is 0 Å². The molecule has 4 rings (SSSR count). The van der Waals surface area contributed by atoms with Crippen molar-refractivity contribution in [2.75, 3.05) is 26.3 Å². The first kappa shape index (κ1) is 15.8. The highest BCUT2D eigenvalue weighted by atomic mass is 16.5. The lowest BCUT2D eigenvalue weighted by atomic mass is 10.2. The smallest absolute Gasteiger partial charge is 0.291 e. The molecule has 0 unspecified atom stereocenters. The van der Waals surface area contributed by atoms with E-state index in [9.17, 15) is 9.59 Å². The third-order valence-electron chi connectivity index (χ3n) is 4.87. The minimum atomic E-state index is -0.476. The van der Waals surface area contributed by atoms with Gasteiger partial charge in [0.25, 0.3) is 5.56 Å². The Morgan fingerprint density at radius 1 is 1.20 bits per heavy atom. The Kier molecular flexibility index (Phi) is 3.80. The number of aryl methyl sites for hydroxylation is 1. The molecule has 0 N–H and O–H groups in total. The molecule has 1 amide bonds. The van der Waals surface area contributed by atoms with Crippen LogP contribution in [0.4, 0.5) is 0 Å². The fraction of sp³-hybridized carbons (Fsp3) is 0.389. The van der Waals surface area contributed by atoms with E-state index in [0.717, 1.165) is 16.3 Å². The number of benzene rings is 1. The molecule has 1 fully saturated rings. The van der Waals surface area contributed by atoms with Crippen molar-refractivity contribution in [1.82, 2.24) is 19.2 Å². The molecule has 0 aliphatic carbocycles. The summed E-state index contributed by atoms with van der Waals surface area (Å²) in [6.45, 7) is 4.12. The maximum absolute atomic E-state index is 13.0. The summed E-state index contributed by atoms with van der Waals surface area (Å²) in [5, 5.41) is 5.86. The van der Waals surface area contributed by atoms with Crippen LogP contribution in [0.15, 0.2) is 35.3 Å². The summed E-state index contributed by atoms with van der Waals surface area (Å²) in [6, 6.07) is 7.27. The van der Waals surface area contributed by atoms with Crippen molar-refractivity contribution in [2.24, 2.45) is 7.05 Å². The Balaban J connectivity index is 1.94. The van der Waals surface area contributed by atoms with Crippen LogP contribution in [0.1, 0.15) is 13.0 Å². The number of carbonyl (C=O) groups is 1. The van der Waals surface area contributed by atoms with Gasteiger partial charge in [-0.05, 0) is 13.0 Å². The van der Waals surface area contributed by atoms with Crippen molar-refractivity contribution in [2.45, 2.75) is 13.0 Å². The molecule has 25 heavy (non-hydrogen) atoms. The molecule has 3 aromatic rings. The predicted octanol–water partition coefficient (Wildman–Crippen LogP) is 1.31. The molecule has 1 aliphatic rings. The van der Waals surface area contributed by atoms with Crippen LogP contribution in [0, 0.1) is 0 Å². The lowest BCUT2D eigenvalue weighted by Gasteiger charge is -2.30. The predicted molar refractivity (Wildman–Crippen MR) is 94.6 cm³/mol. The zero-order chi connectivity index (χ0) is 17.6. The average Bonchev–Trinajstić information content (AvgIpc) is 2.99. The van der Waals surface area contributed by atoms with E-state index < -0.39 is 6.04 Å². The molecule has 1 saturated heterocycles. The quantitative estimate of drug-likeness (QED) is 0.705. The van der Waals surface area contributed by atoms with Gasteiger partial charge in [-0.25, -0.2) is 4.68 Å². The van der Waals surface area contributed by atoms with Crippen molar-refractivity contribution in [1.29, 1.82) is 0 Å². The van der Waals surface area contributed by atoms with Crippen molar-refractivity contribution >= 4 is 27.7 Å². The minimum Gasteiger partial charge on any atom is -0.378 e. The number of hydrogen-bond acceptors (Lipinski definition) is 4. The van der Waals surface area contributed by atoms with Crippen molar-refractivity contribution in [3.05, 3.63) is 40.8 Å². The van der Waals surface area contributed by atoms with Gasteiger partial charge >= 0.3 is 0 Å². The summed E-state index contributed by atoms with van der Waals surface area (Å²) in [5.74, 6) is 0.00446. The molecule has 1 atom stereocenters. The van der Waals surface area contributed by atoms with Gasteiger partial charge in [-0.1, -0.05) is 18.2 Å². The van der Waals surface area contributed by atoms with E-state index in [0.29, 0.717) is 31.8 Å². The fourth-order valence-corrected chi connectivity index (χ4v) is 3.55. The summed E-state index contributed by atoms with van der Waals surface area (Å²) in [4.78, 5) is 27.6. The second-order valence-electron chi connectivity index (χ2n) is 6.34. The Bertz CT molecular complexity index is 1010. The number of amides is 1. The maximum Gasteiger partial charge on any atom is 0.291 e. The first-order chi connectivity index (χ1) is 12.1. The van der Waals surface area contributed by atoms with E-state index >= 15 is 0 Å². The highest BCUT2D eigenvalue weighted by Crippen LogP contribution is 2.30. The van der Waals surface area contributed by atoms with E-state index in [4.69, 9.17) is 4.74 Å². The van der Waals surface area contributed by atoms with Crippen molar-refractivity contribution in [3.8, 4) is 0 Å². The Morgan fingerprint density at radius 3 is 2.68 bits per heavy atom. The molecule has 2 aromatic heterocycles. The van der Waals surface area contributed by atoms with Gasteiger partial charge in [-0.15, -0.1) is 0 Å². The average molecular weight is 340 g/mol. The zero-order valence-electron chi connectivity index (χ0n) is 14.3. The number of ether oxygens (including phenoxy) is 1.